The minimum Gasteiger partial charge on any atom is -0.367 e. The third-order valence-electron chi connectivity index (χ3n) is 8.55. The quantitative estimate of drug-likeness (QED) is 0.410. The zero-order valence-corrected chi connectivity index (χ0v) is 22.2. The van der Waals surface area contributed by atoms with Gasteiger partial charge in [-0.2, -0.15) is 5.10 Å². The number of aromatic amines is 1. The smallest absolute Gasteiger partial charge is 0.272 e. The van der Waals surface area contributed by atoms with Crippen molar-refractivity contribution in [2.24, 2.45) is 0 Å². The van der Waals surface area contributed by atoms with E-state index in [4.69, 9.17) is 0 Å². The summed E-state index contributed by atoms with van der Waals surface area (Å²) >= 11 is 0. The van der Waals surface area contributed by atoms with E-state index in [1.165, 1.54) is 4.90 Å². The minimum absolute atomic E-state index is 0.0266. The zero-order chi connectivity index (χ0) is 27.1. The molecule has 0 spiro atoms. The number of benzene rings is 2. The third kappa shape index (κ3) is 4.39. The van der Waals surface area contributed by atoms with E-state index in [1.54, 1.807) is 18.2 Å². The Hall–Kier alpha value is -4.01. The summed E-state index contributed by atoms with van der Waals surface area (Å²) in [6.07, 6.45) is 6.15. The molecule has 1 atom stereocenters. The van der Waals surface area contributed by atoms with Gasteiger partial charge in [-0.1, -0.05) is 49.9 Å². The fraction of sp³-hybridized carbons (Fsp3) is 0.433. The summed E-state index contributed by atoms with van der Waals surface area (Å²) in [5.41, 5.74) is 2.05. The van der Waals surface area contributed by atoms with Crippen molar-refractivity contribution in [1.29, 1.82) is 0 Å². The van der Waals surface area contributed by atoms with Crippen molar-refractivity contribution in [3.05, 3.63) is 69.6 Å². The molecule has 1 aromatic heterocycles. The lowest BCUT2D eigenvalue weighted by molar-refractivity contribution is -0.132. The van der Waals surface area contributed by atoms with Crippen LogP contribution in [0.25, 0.3) is 10.8 Å². The molecule has 1 N–H and O–H groups in total. The van der Waals surface area contributed by atoms with Crippen molar-refractivity contribution in [3.8, 4) is 0 Å². The standard InChI is InChI=1S/C30H33N5O4/c1-19(26-21-11-6-7-12-22(21)27(36)32-31-26)28(37)34-17-15-33(16-18-34)24-14-8-13-23-25(24)30(39)35(29(23)38)20-9-4-2-3-5-10-20/h6-8,11-14,19-20H,2-5,9-10,15-18H2,1H3,(H,32,36). The minimum atomic E-state index is -0.522. The van der Waals surface area contributed by atoms with E-state index in [1.807, 2.05) is 36.1 Å². The molecule has 1 saturated carbocycles. The van der Waals surface area contributed by atoms with Gasteiger partial charge in [0.1, 0.15) is 0 Å². The molecule has 2 aromatic carbocycles. The topological polar surface area (TPSA) is 107 Å². The van der Waals surface area contributed by atoms with Gasteiger partial charge in [-0.3, -0.25) is 24.1 Å². The van der Waals surface area contributed by atoms with E-state index >= 15 is 0 Å². The summed E-state index contributed by atoms with van der Waals surface area (Å²) in [6, 6.07) is 12.7. The zero-order valence-electron chi connectivity index (χ0n) is 22.2. The van der Waals surface area contributed by atoms with Crippen molar-refractivity contribution in [2.75, 3.05) is 31.1 Å². The average Bonchev–Trinajstić information content (AvgIpc) is 3.12. The molecule has 1 saturated heterocycles. The van der Waals surface area contributed by atoms with E-state index in [0.717, 1.165) is 44.2 Å². The van der Waals surface area contributed by atoms with Crippen molar-refractivity contribution in [3.63, 3.8) is 0 Å². The first kappa shape index (κ1) is 25.3. The van der Waals surface area contributed by atoms with E-state index < -0.39 is 5.92 Å². The van der Waals surface area contributed by atoms with Crippen LogP contribution in [0.5, 0.6) is 0 Å². The molecule has 2 aliphatic heterocycles. The first-order chi connectivity index (χ1) is 19.0. The highest BCUT2D eigenvalue weighted by Crippen LogP contribution is 2.36. The lowest BCUT2D eigenvalue weighted by Gasteiger charge is -2.37. The van der Waals surface area contributed by atoms with E-state index in [0.29, 0.717) is 53.8 Å². The number of fused-ring (bicyclic) bond motifs is 2. The maximum absolute atomic E-state index is 13.6. The molecule has 3 aliphatic rings. The van der Waals surface area contributed by atoms with Gasteiger partial charge >= 0.3 is 0 Å². The highest BCUT2D eigenvalue weighted by Gasteiger charge is 2.42. The Kier molecular flexibility index (Phi) is 6.66. The van der Waals surface area contributed by atoms with E-state index in [2.05, 4.69) is 15.1 Å². The van der Waals surface area contributed by atoms with Gasteiger partial charge in [-0.05, 0) is 38.0 Å². The fourth-order valence-corrected chi connectivity index (χ4v) is 6.42. The van der Waals surface area contributed by atoms with Gasteiger partial charge in [0.2, 0.25) is 5.91 Å². The number of nitrogens with zero attached hydrogens (tertiary/aromatic N) is 4. The van der Waals surface area contributed by atoms with Crippen LogP contribution in [0, 0.1) is 0 Å². The number of nitrogens with one attached hydrogen (secondary N) is 1. The molecular weight excluding hydrogens is 494 g/mol. The highest BCUT2D eigenvalue weighted by molar-refractivity contribution is 6.24. The molecule has 3 heterocycles. The van der Waals surface area contributed by atoms with E-state index in [-0.39, 0.29) is 29.3 Å². The first-order valence-electron chi connectivity index (χ1n) is 14.0. The van der Waals surface area contributed by atoms with Crippen LogP contribution in [0.1, 0.15) is 77.8 Å². The van der Waals surface area contributed by atoms with Crippen molar-refractivity contribution >= 4 is 34.2 Å². The lowest BCUT2D eigenvalue weighted by Crippen LogP contribution is -2.50. The Bertz CT molecular complexity index is 1500. The van der Waals surface area contributed by atoms with Crippen molar-refractivity contribution in [2.45, 2.75) is 57.4 Å². The average molecular weight is 528 g/mol. The second-order valence-corrected chi connectivity index (χ2v) is 10.8. The Morgan fingerprint density at radius 3 is 2.28 bits per heavy atom. The number of piperazine rings is 1. The molecule has 9 nitrogen and oxygen atoms in total. The van der Waals surface area contributed by atoms with Crippen LogP contribution in [0.2, 0.25) is 0 Å². The fourth-order valence-electron chi connectivity index (χ4n) is 6.42. The van der Waals surface area contributed by atoms with Crippen molar-refractivity contribution < 1.29 is 14.4 Å². The number of carbonyl (C=O) groups excluding carboxylic acids is 3. The number of imide groups is 1. The number of aromatic nitrogens is 2. The molecule has 0 bridgehead atoms. The van der Waals surface area contributed by atoms with Gasteiger partial charge < -0.3 is 9.80 Å². The lowest BCUT2D eigenvalue weighted by atomic mass is 9.99. The number of rotatable bonds is 4. The Balaban J connectivity index is 1.18. The Morgan fingerprint density at radius 2 is 1.56 bits per heavy atom. The molecule has 0 radical (unpaired) electrons. The summed E-state index contributed by atoms with van der Waals surface area (Å²) in [7, 11) is 0. The van der Waals surface area contributed by atoms with Gasteiger partial charge in [0, 0.05) is 37.6 Å². The number of hydrogen-bond acceptors (Lipinski definition) is 6. The molecule has 1 unspecified atom stereocenters. The normalized spacial score (nSPS) is 19.4. The van der Waals surface area contributed by atoms with Gasteiger partial charge in [0.25, 0.3) is 17.4 Å². The maximum Gasteiger partial charge on any atom is 0.272 e. The van der Waals surface area contributed by atoms with Gasteiger partial charge in [-0.15, -0.1) is 0 Å². The molecule has 9 heteroatoms. The summed E-state index contributed by atoms with van der Waals surface area (Å²) in [6.45, 7) is 3.91. The Morgan fingerprint density at radius 1 is 0.872 bits per heavy atom. The van der Waals surface area contributed by atoms with Gasteiger partial charge in [0.15, 0.2) is 0 Å². The van der Waals surface area contributed by atoms with Crippen LogP contribution < -0.4 is 10.5 Å². The summed E-state index contributed by atoms with van der Waals surface area (Å²) in [5, 5.41) is 7.94. The SMILES string of the molecule is CC(C(=O)N1CCN(c2cccc3c2C(=O)N(C2CCCCCC2)C3=O)CC1)c1n[nH]c(=O)c2ccccc12. The second kappa shape index (κ2) is 10.3. The predicted octanol–water partition coefficient (Wildman–Crippen LogP) is 3.69. The van der Waals surface area contributed by atoms with Crippen LogP contribution in [-0.4, -0.2) is 69.9 Å². The summed E-state index contributed by atoms with van der Waals surface area (Å²) in [5.74, 6) is -0.928. The first-order valence-corrected chi connectivity index (χ1v) is 14.0. The summed E-state index contributed by atoms with van der Waals surface area (Å²) < 4.78 is 0. The van der Waals surface area contributed by atoms with E-state index in [9.17, 15) is 19.2 Å². The Labute approximate surface area is 226 Å². The number of carbonyl (C=O) groups is 3. The molecule has 2 fully saturated rings. The molecule has 3 aromatic rings. The molecule has 202 valence electrons. The van der Waals surface area contributed by atoms with Crippen LogP contribution in [0.15, 0.2) is 47.3 Å². The van der Waals surface area contributed by atoms with Crippen LogP contribution in [0.4, 0.5) is 5.69 Å². The molecule has 1 aliphatic carbocycles. The third-order valence-corrected chi connectivity index (χ3v) is 8.55. The predicted molar refractivity (Wildman–Crippen MR) is 148 cm³/mol. The summed E-state index contributed by atoms with van der Waals surface area (Å²) in [4.78, 5) is 58.0. The molecule has 39 heavy (non-hydrogen) atoms. The van der Waals surface area contributed by atoms with Crippen LogP contribution in [0.3, 0.4) is 0 Å². The number of amides is 3. The van der Waals surface area contributed by atoms with Crippen LogP contribution >= 0.6 is 0 Å². The number of H-pyrrole nitrogens is 1. The van der Waals surface area contributed by atoms with Crippen molar-refractivity contribution in [1.82, 2.24) is 20.0 Å². The monoisotopic (exact) mass is 527 g/mol. The molecule has 6 rings (SSSR count). The second-order valence-electron chi connectivity index (χ2n) is 10.8. The van der Waals surface area contributed by atoms with Gasteiger partial charge in [-0.25, -0.2) is 5.10 Å². The largest absolute Gasteiger partial charge is 0.367 e. The molecular formula is C30H33N5O4. The maximum atomic E-state index is 13.6. The molecule has 3 amide bonds. The van der Waals surface area contributed by atoms with Gasteiger partial charge in [0.05, 0.1) is 33.8 Å². The number of anilines is 1. The highest BCUT2D eigenvalue weighted by atomic mass is 16.2. The number of hydrogen-bond donors (Lipinski definition) is 1. The van der Waals surface area contributed by atoms with Crippen LogP contribution in [-0.2, 0) is 4.79 Å².